The van der Waals surface area contributed by atoms with E-state index in [1.54, 1.807) is 23.7 Å². The molecule has 3 aliphatic heterocycles. The number of nitrogens with zero attached hydrogens (tertiary/aromatic N) is 6. The Hall–Kier alpha value is -3.28. The summed E-state index contributed by atoms with van der Waals surface area (Å²) in [4.78, 5) is 34.1. The van der Waals surface area contributed by atoms with Crippen molar-refractivity contribution in [1.29, 1.82) is 0 Å². The van der Waals surface area contributed by atoms with Crippen LogP contribution in [0.15, 0.2) is 48.6 Å². The summed E-state index contributed by atoms with van der Waals surface area (Å²) in [7, 11) is 3.50. The van der Waals surface area contributed by atoms with Crippen LogP contribution in [0, 0.1) is 0 Å². The normalized spacial score (nSPS) is 23.0. The van der Waals surface area contributed by atoms with Gasteiger partial charge in [0.25, 0.3) is 11.8 Å². The monoisotopic (exact) mass is 480 g/mol. The number of methoxy groups -OCH3 is 1. The lowest BCUT2D eigenvalue weighted by Gasteiger charge is -2.38. The van der Waals surface area contributed by atoms with Gasteiger partial charge >= 0.3 is 0 Å². The van der Waals surface area contributed by atoms with Crippen LogP contribution in [0.3, 0.4) is 0 Å². The van der Waals surface area contributed by atoms with Crippen molar-refractivity contribution in [2.45, 2.75) is 37.6 Å². The predicted octanol–water partition coefficient (Wildman–Crippen LogP) is 0.0378. The second kappa shape index (κ2) is 10.1. The van der Waals surface area contributed by atoms with E-state index in [9.17, 15) is 9.59 Å². The summed E-state index contributed by atoms with van der Waals surface area (Å²) in [5, 5.41) is 9.12. The van der Waals surface area contributed by atoms with Crippen molar-refractivity contribution in [3.05, 3.63) is 59.9 Å². The van der Waals surface area contributed by atoms with Gasteiger partial charge in [0.15, 0.2) is 0 Å². The third-order valence-electron chi connectivity index (χ3n) is 6.81. The van der Waals surface area contributed by atoms with Gasteiger partial charge in [-0.1, -0.05) is 30.3 Å². The lowest BCUT2D eigenvalue weighted by atomic mass is 10.1. The summed E-state index contributed by atoms with van der Waals surface area (Å²) in [6.07, 6.45) is 5.42. The van der Waals surface area contributed by atoms with Gasteiger partial charge in [0.05, 0.1) is 12.6 Å². The lowest BCUT2D eigenvalue weighted by molar-refractivity contribution is -0.130. The van der Waals surface area contributed by atoms with E-state index in [4.69, 9.17) is 4.74 Å². The highest BCUT2D eigenvalue weighted by Gasteiger charge is 2.37. The molecule has 4 heterocycles. The highest BCUT2D eigenvalue weighted by Crippen LogP contribution is 2.23. The van der Waals surface area contributed by atoms with Gasteiger partial charge in [-0.25, -0.2) is 15.1 Å². The number of ether oxygens (including phenoxy) is 1. The van der Waals surface area contributed by atoms with E-state index in [-0.39, 0.29) is 17.8 Å². The van der Waals surface area contributed by atoms with Crippen molar-refractivity contribution in [1.82, 2.24) is 40.3 Å². The zero-order chi connectivity index (χ0) is 24.4. The van der Waals surface area contributed by atoms with E-state index in [1.165, 1.54) is 6.33 Å². The highest BCUT2D eigenvalue weighted by molar-refractivity contribution is 5.95. The first-order valence-electron chi connectivity index (χ1n) is 12.0. The maximum atomic E-state index is 13.1. The molecule has 1 aromatic heterocycles. The van der Waals surface area contributed by atoms with Crippen molar-refractivity contribution < 1.29 is 14.3 Å². The number of carbonyl (C=O) groups excluding carboxylic acids is 2. The molecule has 11 nitrogen and oxygen atoms in total. The number of likely N-dealkylation sites (N-methyl/N-ethyl adjacent to an activating group) is 1. The molecule has 2 N–H and O–H groups in total. The van der Waals surface area contributed by atoms with Crippen molar-refractivity contribution in [2.24, 2.45) is 0 Å². The quantitative estimate of drug-likeness (QED) is 0.545. The van der Waals surface area contributed by atoms with Crippen LogP contribution in [0.2, 0.25) is 0 Å². The molecule has 1 aromatic carbocycles. The summed E-state index contributed by atoms with van der Waals surface area (Å²) in [6.45, 7) is 4.06. The van der Waals surface area contributed by atoms with Crippen LogP contribution in [-0.4, -0.2) is 99.9 Å². The first kappa shape index (κ1) is 23.5. The minimum atomic E-state index is -0.646. The number of benzene rings is 1. The fourth-order valence-electron chi connectivity index (χ4n) is 4.70. The Morgan fingerprint density at radius 1 is 1.26 bits per heavy atom. The maximum absolute atomic E-state index is 13.1. The molecule has 2 atom stereocenters. The molecule has 0 radical (unpaired) electrons. The minimum Gasteiger partial charge on any atom is -0.379 e. The van der Waals surface area contributed by atoms with E-state index in [1.807, 2.05) is 35.3 Å². The Kier molecular flexibility index (Phi) is 6.80. The average Bonchev–Trinajstić information content (AvgIpc) is 3.45. The summed E-state index contributed by atoms with van der Waals surface area (Å²) < 4.78 is 6.95. The van der Waals surface area contributed by atoms with Crippen LogP contribution < -0.4 is 10.7 Å². The molecule has 2 fully saturated rings. The maximum Gasteiger partial charge on any atom is 0.291 e. The number of amides is 2. The van der Waals surface area contributed by atoms with Crippen molar-refractivity contribution in [2.75, 3.05) is 40.3 Å². The Morgan fingerprint density at radius 2 is 2.06 bits per heavy atom. The van der Waals surface area contributed by atoms with Crippen molar-refractivity contribution in [3.8, 4) is 0 Å². The SMILES string of the molecule is COC1CN(CCC2C=C3N(CCC(NC(=O)c4ncn(Cc5ccccc5)n4)C(=O)N3C)N2)C1. The van der Waals surface area contributed by atoms with E-state index < -0.39 is 11.9 Å². The number of aromatic nitrogens is 3. The van der Waals surface area contributed by atoms with Crippen LogP contribution >= 0.6 is 0 Å². The molecule has 2 amide bonds. The minimum absolute atomic E-state index is 0.0558. The molecule has 35 heavy (non-hydrogen) atoms. The summed E-state index contributed by atoms with van der Waals surface area (Å²) in [5.74, 6) is 0.291. The van der Waals surface area contributed by atoms with E-state index >= 15 is 0 Å². The number of hydrogen-bond acceptors (Lipinski definition) is 8. The van der Waals surface area contributed by atoms with Crippen LogP contribution in [0.1, 0.15) is 29.0 Å². The highest BCUT2D eigenvalue weighted by atomic mass is 16.5. The second-order valence-corrected chi connectivity index (χ2v) is 9.28. The number of hydrogen-bond donors (Lipinski definition) is 2. The predicted molar refractivity (Wildman–Crippen MR) is 128 cm³/mol. The summed E-state index contributed by atoms with van der Waals surface area (Å²) in [5.41, 5.74) is 4.56. The van der Waals surface area contributed by atoms with Gasteiger partial charge in [-0.05, 0) is 24.5 Å². The van der Waals surface area contributed by atoms with Crippen molar-refractivity contribution in [3.63, 3.8) is 0 Å². The molecule has 0 spiro atoms. The number of hydrazine groups is 1. The van der Waals surface area contributed by atoms with Gasteiger partial charge < -0.3 is 10.1 Å². The van der Waals surface area contributed by atoms with Crippen molar-refractivity contribution >= 4 is 11.8 Å². The smallest absolute Gasteiger partial charge is 0.291 e. The molecule has 0 saturated carbocycles. The molecule has 2 unspecified atom stereocenters. The molecule has 0 bridgehead atoms. The number of carbonyl (C=O) groups is 2. The fourth-order valence-corrected chi connectivity index (χ4v) is 4.70. The zero-order valence-electron chi connectivity index (χ0n) is 20.1. The molecule has 186 valence electrons. The van der Waals surface area contributed by atoms with E-state index in [0.717, 1.165) is 37.4 Å². The van der Waals surface area contributed by atoms with E-state index in [2.05, 4.69) is 31.8 Å². The van der Waals surface area contributed by atoms with E-state index in [0.29, 0.717) is 25.6 Å². The molecule has 3 aliphatic rings. The first-order chi connectivity index (χ1) is 17.0. The Bertz CT molecular complexity index is 1080. The van der Waals surface area contributed by atoms with Gasteiger partial charge in [-0.2, -0.15) is 0 Å². The summed E-state index contributed by atoms with van der Waals surface area (Å²) in [6, 6.07) is 9.36. The van der Waals surface area contributed by atoms with Gasteiger partial charge in [0.2, 0.25) is 5.82 Å². The number of likely N-dealkylation sites (tertiary alicyclic amines) is 1. The molecule has 0 aliphatic carbocycles. The Morgan fingerprint density at radius 3 is 2.83 bits per heavy atom. The van der Waals surface area contributed by atoms with Gasteiger partial charge in [0.1, 0.15) is 18.2 Å². The number of nitrogens with one attached hydrogen (secondary N) is 2. The molecular weight excluding hydrogens is 448 g/mol. The number of fused-ring (bicyclic) bond motifs is 1. The molecule has 2 aromatic rings. The van der Waals surface area contributed by atoms with Crippen LogP contribution in [0.5, 0.6) is 0 Å². The summed E-state index contributed by atoms with van der Waals surface area (Å²) >= 11 is 0. The molecule has 11 heteroatoms. The largest absolute Gasteiger partial charge is 0.379 e. The average molecular weight is 481 g/mol. The van der Waals surface area contributed by atoms with Gasteiger partial charge in [-0.15, -0.1) is 5.10 Å². The van der Waals surface area contributed by atoms with Gasteiger partial charge in [0, 0.05) is 46.4 Å². The topological polar surface area (TPSA) is 108 Å². The third kappa shape index (κ3) is 5.21. The van der Waals surface area contributed by atoms with Crippen LogP contribution in [0.25, 0.3) is 0 Å². The molecule has 2 saturated heterocycles. The molecular formula is C24H32N8O3. The Balaban J connectivity index is 1.15. The van der Waals surface area contributed by atoms with Crippen LogP contribution in [-0.2, 0) is 16.1 Å². The third-order valence-corrected chi connectivity index (χ3v) is 6.81. The van der Waals surface area contributed by atoms with Crippen LogP contribution in [0.4, 0.5) is 0 Å². The lowest BCUT2D eigenvalue weighted by Crippen LogP contribution is -2.52. The molecule has 5 rings (SSSR count). The standard InChI is InChI=1S/C24H32N8O3/c1-29-21-12-18(8-10-30-14-19(15-30)35-2)27-32(21)11-9-20(24(29)34)26-23(33)22-25-16-31(28-22)13-17-6-4-3-5-7-17/h3-7,12,16,18-20,27H,8-11,13-15H2,1-2H3,(H,26,33). The zero-order valence-corrected chi connectivity index (χ0v) is 20.1. The Labute approximate surface area is 204 Å². The van der Waals surface area contributed by atoms with Gasteiger partial charge in [-0.3, -0.25) is 24.4 Å². The fraction of sp³-hybridized carbons (Fsp3) is 0.500. The first-order valence-corrected chi connectivity index (χ1v) is 12.0. The number of rotatable bonds is 8. The second-order valence-electron chi connectivity index (χ2n) is 9.28.